The predicted octanol–water partition coefficient (Wildman–Crippen LogP) is 6.68. The minimum Gasteiger partial charge on any atom is -0.487 e. The van der Waals surface area contributed by atoms with Crippen LogP contribution in [0.5, 0.6) is 5.75 Å². The van der Waals surface area contributed by atoms with Gasteiger partial charge >= 0.3 is 5.97 Å². The number of rotatable bonds is 9. The molecule has 4 rings (SSSR count). The number of ether oxygens (including phenoxy) is 1. The van der Waals surface area contributed by atoms with Crippen LogP contribution < -0.4 is 4.74 Å². The molecule has 0 aliphatic rings. The van der Waals surface area contributed by atoms with E-state index in [2.05, 4.69) is 4.98 Å². The molecule has 0 bridgehead atoms. The van der Waals surface area contributed by atoms with Gasteiger partial charge in [0.2, 0.25) is 5.78 Å². The molecule has 0 aliphatic carbocycles. The number of carboxylic acid groups (broad SMARTS) is 1. The van der Waals surface area contributed by atoms with E-state index in [0.29, 0.717) is 33.0 Å². The first-order chi connectivity index (χ1) is 18.3. The molecule has 0 atom stereocenters. The van der Waals surface area contributed by atoms with Gasteiger partial charge in [0, 0.05) is 40.0 Å². The van der Waals surface area contributed by atoms with Gasteiger partial charge in [-0.15, -0.1) is 0 Å². The fraction of sp³-hybridized carbons (Fsp3) is 0.290. The fourth-order valence-electron chi connectivity index (χ4n) is 4.32. The third-order valence-corrected chi connectivity index (χ3v) is 6.80. The highest BCUT2D eigenvalue weighted by atomic mass is 35.5. The number of carbonyl (C=O) groups is 3. The maximum Gasteiger partial charge on any atom is 0.309 e. The van der Waals surface area contributed by atoms with Gasteiger partial charge in [-0.25, -0.2) is 0 Å². The largest absolute Gasteiger partial charge is 0.487 e. The van der Waals surface area contributed by atoms with E-state index in [1.54, 1.807) is 87.8 Å². The number of aromatic nitrogens is 2. The second kappa shape index (κ2) is 10.7. The first-order valence-electron chi connectivity index (χ1n) is 12.6. The number of aliphatic carboxylic acids is 1. The van der Waals surface area contributed by atoms with Crippen molar-refractivity contribution in [3.63, 3.8) is 0 Å². The summed E-state index contributed by atoms with van der Waals surface area (Å²) in [6.07, 6.45) is 3.34. The van der Waals surface area contributed by atoms with Gasteiger partial charge < -0.3 is 14.2 Å². The zero-order chi connectivity index (χ0) is 28.5. The van der Waals surface area contributed by atoms with Gasteiger partial charge in [-0.05, 0) is 68.3 Å². The van der Waals surface area contributed by atoms with Crippen molar-refractivity contribution in [3.8, 4) is 5.75 Å². The molecule has 0 saturated heterocycles. The van der Waals surface area contributed by atoms with E-state index in [-0.39, 0.29) is 30.3 Å². The van der Waals surface area contributed by atoms with Crippen molar-refractivity contribution in [2.75, 3.05) is 0 Å². The zero-order valence-electron chi connectivity index (χ0n) is 22.6. The van der Waals surface area contributed by atoms with Crippen molar-refractivity contribution in [2.45, 2.75) is 47.6 Å². The van der Waals surface area contributed by atoms with E-state index in [9.17, 15) is 19.5 Å². The Labute approximate surface area is 232 Å². The fourth-order valence-corrected chi connectivity index (χ4v) is 4.45. The number of pyridine rings is 2. The van der Waals surface area contributed by atoms with E-state index in [0.717, 1.165) is 5.69 Å². The topological polar surface area (TPSA) is 98.0 Å². The van der Waals surface area contributed by atoms with Gasteiger partial charge in [-0.1, -0.05) is 38.4 Å². The van der Waals surface area contributed by atoms with Crippen LogP contribution in [-0.2, 0) is 17.8 Å². The summed E-state index contributed by atoms with van der Waals surface area (Å²) in [6, 6.07) is 15.4. The molecule has 202 valence electrons. The monoisotopic (exact) mass is 546 g/mol. The van der Waals surface area contributed by atoms with Crippen LogP contribution in [0.4, 0.5) is 0 Å². The molecule has 1 aromatic carbocycles. The van der Waals surface area contributed by atoms with Crippen LogP contribution >= 0.6 is 11.6 Å². The lowest BCUT2D eigenvalue weighted by Gasteiger charge is -2.22. The van der Waals surface area contributed by atoms with Gasteiger partial charge in [0.25, 0.3) is 0 Å². The third kappa shape index (κ3) is 5.88. The highest BCUT2D eigenvalue weighted by Crippen LogP contribution is 2.37. The number of hydrogen-bond donors (Lipinski definition) is 1. The second-order valence-electron chi connectivity index (χ2n) is 11.2. The quantitative estimate of drug-likeness (QED) is 0.235. The number of carbonyl (C=O) groups excluding carboxylic acids is 2. The number of nitrogens with zero attached hydrogens (tertiary/aromatic N) is 2. The van der Waals surface area contributed by atoms with Crippen LogP contribution in [0.2, 0.25) is 5.02 Å². The Morgan fingerprint density at radius 3 is 2.28 bits per heavy atom. The molecule has 0 unspecified atom stereocenters. The van der Waals surface area contributed by atoms with E-state index in [1.807, 2.05) is 18.2 Å². The molecule has 3 heterocycles. The van der Waals surface area contributed by atoms with Crippen molar-refractivity contribution in [2.24, 2.45) is 10.8 Å². The third-order valence-electron chi connectivity index (χ3n) is 6.55. The van der Waals surface area contributed by atoms with Crippen LogP contribution in [0.1, 0.15) is 72.3 Å². The number of ketones is 2. The van der Waals surface area contributed by atoms with Crippen LogP contribution in [-0.4, -0.2) is 32.0 Å². The highest BCUT2D eigenvalue weighted by Gasteiger charge is 2.37. The molecule has 0 saturated carbocycles. The molecule has 0 fully saturated rings. The molecule has 39 heavy (non-hydrogen) atoms. The molecule has 0 spiro atoms. The Morgan fingerprint density at radius 1 is 1.00 bits per heavy atom. The lowest BCUT2D eigenvalue weighted by atomic mass is 9.79. The highest BCUT2D eigenvalue weighted by molar-refractivity contribution is 6.30. The normalized spacial score (nSPS) is 11.9. The van der Waals surface area contributed by atoms with Crippen molar-refractivity contribution in [3.05, 3.63) is 100 Å². The van der Waals surface area contributed by atoms with E-state index >= 15 is 0 Å². The van der Waals surface area contributed by atoms with Crippen molar-refractivity contribution >= 4 is 34.7 Å². The molecule has 3 aromatic heterocycles. The number of halogens is 1. The molecule has 4 aromatic rings. The van der Waals surface area contributed by atoms with E-state index in [1.165, 1.54) is 0 Å². The van der Waals surface area contributed by atoms with Gasteiger partial charge in [-0.2, -0.15) is 0 Å². The molecule has 8 heteroatoms. The minimum absolute atomic E-state index is 0.0278. The van der Waals surface area contributed by atoms with Crippen LogP contribution in [0.25, 0.3) is 5.52 Å². The molecule has 0 amide bonds. The standard InChI is InChI=1S/C31H31ClN2O5/c1-30(2,3)28(36)25-23(17-31(4,5)29(37)38)26(27(35)19-9-11-20(32)12-10-19)34-15-13-22(16-24(25)34)39-18-21-8-6-7-14-33-21/h6-16H,17-18H2,1-5H3,(H,37,38). The van der Waals surface area contributed by atoms with Crippen molar-refractivity contribution < 1.29 is 24.2 Å². The summed E-state index contributed by atoms with van der Waals surface area (Å²) in [7, 11) is 0. The molecular formula is C31H31ClN2O5. The number of Topliss-reactive ketones (excluding diaryl/α,β-unsaturated/α-hetero) is 1. The smallest absolute Gasteiger partial charge is 0.309 e. The second-order valence-corrected chi connectivity index (χ2v) is 11.6. The summed E-state index contributed by atoms with van der Waals surface area (Å²) in [5.74, 6) is -1.08. The first kappa shape index (κ1) is 28.0. The van der Waals surface area contributed by atoms with Gasteiger partial charge in [-0.3, -0.25) is 19.4 Å². The number of carboxylic acids is 1. The number of hydrogen-bond acceptors (Lipinski definition) is 5. The lowest BCUT2D eigenvalue weighted by molar-refractivity contribution is -0.146. The summed E-state index contributed by atoms with van der Waals surface area (Å²) in [4.78, 5) is 44.3. The van der Waals surface area contributed by atoms with Gasteiger partial charge in [0.05, 0.1) is 22.3 Å². The predicted molar refractivity (Wildman–Crippen MR) is 150 cm³/mol. The van der Waals surface area contributed by atoms with Crippen molar-refractivity contribution in [1.82, 2.24) is 9.38 Å². The minimum atomic E-state index is -1.24. The number of benzene rings is 1. The van der Waals surface area contributed by atoms with E-state index in [4.69, 9.17) is 16.3 Å². The molecule has 1 N–H and O–H groups in total. The van der Waals surface area contributed by atoms with Gasteiger partial charge in [0.1, 0.15) is 12.4 Å². The Morgan fingerprint density at radius 2 is 1.69 bits per heavy atom. The summed E-state index contributed by atoms with van der Waals surface area (Å²) >= 11 is 6.05. The summed E-state index contributed by atoms with van der Waals surface area (Å²) in [6.45, 7) is 8.78. The van der Waals surface area contributed by atoms with Crippen LogP contribution in [0, 0.1) is 10.8 Å². The van der Waals surface area contributed by atoms with Crippen molar-refractivity contribution in [1.29, 1.82) is 0 Å². The Hall–Kier alpha value is -3.97. The van der Waals surface area contributed by atoms with Crippen LogP contribution in [0.3, 0.4) is 0 Å². The maximum absolute atomic E-state index is 14.0. The Kier molecular flexibility index (Phi) is 7.66. The summed E-state index contributed by atoms with van der Waals surface area (Å²) in [5.41, 5.74) is 0.495. The van der Waals surface area contributed by atoms with E-state index < -0.39 is 16.8 Å². The molecule has 7 nitrogen and oxygen atoms in total. The molecule has 0 radical (unpaired) electrons. The Balaban J connectivity index is 1.96. The average Bonchev–Trinajstić information content (AvgIpc) is 3.19. The zero-order valence-corrected chi connectivity index (χ0v) is 23.4. The summed E-state index contributed by atoms with van der Waals surface area (Å²) in [5, 5.41) is 10.4. The SMILES string of the molecule is CC(C)(C)C(=O)c1c(CC(C)(C)C(=O)O)c(C(=O)c2ccc(Cl)cc2)n2ccc(OCc3ccccn3)cc12. The number of fused-ring (bicyclic) bond motifs is 1. The molecule has 0 aliphatic heterocycles. The van der Waals surface area contributed by atoms with Gasteiger partial charge in [0.15, 0.2) is 5.78 Å². The van der Waals surface area contributed by atoms with Crippen LogP contribution in [0.15, 0.2) is 67.0 Å². The first-order valence-corrected chi connectivity index (χ1v) is 13.0. The Bertz CT molecular complexity index is 1550. The summed E-state index contributed by atoms with van der Waals surface area (Å²) < 4.78 is 7.65. The maximum atomic E-state index is 14.0. The molecular weight excluding hydrogens is 516 g/mol. The lowest BCUT2D eigenvalue weighted by Crippen LogP contribution is -2.29. The average molecular weight is 547 g/mol.